The first kappa shape index (κ1) is 31.8. The number of amides is 1. The molecule has 0 aliphatic heterocycles. The van der Waals surface area contributed by atoms with E-state index in [1.165, 1.54) is 30.1 Å². The van der Waals surface area contributed by atoms with Crippen molar-refractivity contribution in [3.8, 4) is 17.2 Å². The number of sulfonamides is 1. The third kappa shape index (κ3) is 6.87. The summed E-state index contributed by atoms with van der Waals surface area (Å²) >= 11 is 0. The highest BCUT2D eigenvalue weighted by Crippen LogP contribution is 2.29. The monoisotopic (exact) mass is 639 g/mol. The number of aromatic nitrogens is 2. The molecule has 0 spiro atoms. The van der Waals surface area contributed by atoms with Crippen LogP contribution in [-0.2, 0) is 28.5 Å². The molecule has 12 heteroatoms. The fourth-order valence-corrected chi connectivity index (χ4v) is 6.30. The molecule has 1 heterocycles. The van der Waals surface area contributed by atoms with Crippen LogP contribution in [0.15, 0.2) is 124 Å². The van der Waals surface area contributed by atoms with Crippen molar-refractivity contribution >= 4 is 27.8 Å². The molecule has 46 heavy (non-hydrogen) atoms. The number of para-hydroxylation sites is 1. The quantitative estimate of drug-likeness (QED) is 0.159. The van der Waals surface area contributed by atoms with Gasteiger partial charge in [-0.15, -0.1) is 0 Å². The summed E-state index contributed by atoms with van der Waals surface area (Å²) in [6, 6.07) is 31.3. The predicted molar refractivity (Wildman–Crippen MR) is 176 cm³/mol. The zero-order valence-corrected chi connectivity index (χ0v) is 26.3. The molecule has 0 radical (unpaired) electrons. The smallest absolute Gasteiger partial charge is 0.296 e. The molecular formula is C34H33N5O6S. The molecular weight excluding hydrogens is 606 g/mol. The molecule has 0 atom stereocenters. The number of hydrogen-bond acceptors (Lipinski definition) is 7. The van der Waals surface area contributed by atoms with E-state index in [0.717, 1.165) is 9.87 Å². The highest BCUT2D eigenvalue weighted by molar-refractivity contribution is 7.92. The van der Waals surface area contributed by atoms with Crippen LogP contribution in [-0.4, -0.2) is 43.6 Å². The normalized spacial score (nSPS) is 11.4. The number of nitrogens with one attached hydrogen (secondary N) is 1. The minimum atomic E-state index is -4.33. The van der Waals surface area contributed by atoms with Gasteiger partial charge < -0.3 is 9.47 Å². The second-order valence-electron chi connectivity index (χ2n) is 10.2. The van der Waals surface area contributed by atoms with Gasteiger partial charge in [0.25, 0.3) is 21.5 Å². The van der Waals surface area contributed by atoms with Crippen molar-refractivity contribution in [2.75, 3.05) is 18.0 Å². The minimum absolute atomic E-state index is 0.0677. The second-order valence-corrected chi connectivity index (χ2v) is 12.1. The van der Waals surface area contributed by atoms with Crippen LogP contribution in [0.5, 0.6) is 11.5 Å². The lowest BCUT2D eigenvalue weighted by Crippen LogP contribution is -2.42. The number of hydrazone groups is 1. The highest BCUT2D eigenvalue weighted by Gasteiger charge is 2.33. The van der Waals surface area contributed by atoms with E-state index < -0.39 is 28.0 Å². The molecule has 0 fully saturated rings. The molecule has 1 N–H and O–H groups in total. The van der Waals surface area contributed by atoms with Crippen molar-refractivity contribution in [2.45, 2.75) is 18.4 Å². The van der Waals surface area contributed by atoms with Crippen molar-refractivity contribution < 1.29 is 22.7 Å². The molecule has 1 amide bonds. The molecule has 0 aliphatic carbocycles. The van der Waals surface area contributed by atoms with Crippen molar-refractivity contribution in [1.82, 2.24) is 14.8 Å². The number of anilines is 1. The summed E-state index contributed by atoms with van der Waals surface area (Å²) in [6.45, 7) is 1.29. The fraction of sp³-hybridized carbons (Fsp3) is 0.147. The first-order chi connectivity index (χ1) is 22.2. The van der Waals surface area contributed by atoms with Crippen molar-refractivity contribution in [3.63, 3.8) is 0 Å². The molecule has 1 aromatic heterocycles. The Morgan fingerprint density at radius 2 is 1.54 bits per heavy atom. The summed E-state index contributed by atoms with van der Waals surface area (Å²) in [6.07, 6.45) is 1.40. The second kappa shape index (κ2) is 14.0. The van der Waals surface area contributed by atoms with Gasteiger partial charge in [0.1, 0.15) is 18.8 Å². The van der Waals surface area contributed by atoms with Crippen LogP contribution < -0.4 is 24.8 Å². The summed E-state index contributed by atoms with van der Waals surface area (Å²) < 4.78 is 42.9. The lowest BCUT2D eigenvalue weighted by atomic mass is 10.2. The predicted octanol–water partition coefficient (Wildman–Crippen LogP) is 4.42. The van der Waals surface area contributed by atoms with E-state index in [1.54, 1.807) is 79.3 Å². The molecule has 5 aromatic rings. The van der Waals surface area contributed by atoms with Crippen LogP contribution in [0.1, 0.15) is 16.8 Å². The average Bonchev–Trinajstić information content (AvgIpc) is 3.30. The fourth-order valence-electron chi connectivity index (χ4n) is 4.81. The molecule has 0 saturated heterocycles. The van der Waals surface area contributed by atoms with Gasteiger partial charge in [-0.1, -0.05) is 66.7 Å². The van der Waals surface area contributed by atoms with Gasteiger partial charge in [-0.2, -0.15) is 5.10 Å². The Bertz CT molecular complexity index is 2010. The van der Waals surface area contributed by atoms with E-state index in [9.17, 15) is 18.0 Å². The molecule has 4 aromatic carbocycles. The number of carbonyl (C=O) groups is 1. The lowest BCUT2D eigenvalue weighted by molar-refractivity contribution is -0.119. The maximum Gasteiger partial charge on any atom is 0.296 e. The Hall–Kier alpha value is -5.62. The summed E-state index contributed by atoms with van der Waals surface area (Å²) in [5.74, 6) is 0.258. The van der Waals surface area contributed by atoms with Gasteiger partial charge in [0, 0.05) is 7.05 Å². The van der Waals surface area contributed by atoms with E-state index in [4.69, 9.17) is 9.47 Å². The number of carbonyl (C=O) groups excluding carboxylic acids is 1. The number of rotatable bonds is 12. The Kier molecular flexibility index (Phi) is 9.67. The van der Waals surface area contributed by atoms with E-state index >= 15 is 0 Å². The Morgan fingerprint density at radius 3 is 2.20 bits per heavy atom. The summed E-state index contributed by atoms with van der Waals surface area (Å²) in [4.78, 5) is 26.9. The molecule has 0 aliphatic rings. The number of hydrogen-bond donors (Lipinski definition) is 1. The number of methoxy groups -OCH3 is 1. The van der Waals surface area contributed by atoms with Gasteiger partial charge >= 0.3 is 0 Å². The van der Waals surface area contributed by atoms with E-state index in [0.29, 0.717) is 35.1 Å². The van der Waals surface area contributed by atoms with Crippen LogP contribution in [0.4, 0.5) is 5.69 Å². The van der Waals surface area contributed by atoms with Gasteiger partial charge in [0.05, 0.1) is 29.6 Å². The number of benzene rings is 4. The van der Waals surface area contributed by atoms with E-state index in [2.05, 4.69) is 10.5 Å². The van der Waals surface area contributed by atoms with E-state index in [1.807, 2.05) is 36.4 Å². The number of nitrogens with zero attached hydrogens (tertiary/aromatic N) is 4. The molecule has 11 nitrogen and oxygen atoms in total. The van der Waals surface area contributed by atoms with Crippen molar-refractivity contribution in [1.29, 1.82) is 0 Å². The van der Waals surface area contributed by atoms with Crippen molar-refractivity contribution in [3.05, 3.63) is 136 Å². The molecule has 236 valence electrons. The molecule has 0 unspecified atom stereocenters. The van der Waals surface area contributed by atoms with Gasteiger partial charge in [-0.05, 0) is 60.5 Å². The third-order valence-electron chi connectivity index (χ3n) is 7.22. The summed E-state index contributed by atoms with van der Waals surface area (Å²) in [5, 5.41) is 4.03. The summed E-state index contributed by atoms with van der Waals surface area (Å²) in [7, 11) is -1.16. The van der Waals surface area contributed by atoms with Crippen LogP contribution in [0.25, 0.3) is 5.69 Å². The Balaban J connectivity index is 1.38. The Morgan fingerprint density at radius 1 is 0.913 bits per heavy atom. The molecule has 0 bridgehead atoms. The zero-order valence-electron chi connectivity index (χ0n) is 25.5. The van der Waals surface area contributed by atoms with Crippen molar-refractivity contribution in [2.24, 2.45) is 12.1 Å². The molecule has 0 saturated carbocycles. The standard InChI is InChI=1S/C34H33N5O6S/c1-25-33(34(41)39(37(25)2)28-15-9-5-10-16-28)38(46(42,43)29-17-11-6-12-18-29)23-32(40)36-35-22-27-19-20-30(31(21-27)44-3)45-24-26-13-7-4-8-14-26/h4-22H,23-24H2,1-3H3,(H,36,40)/b35-22-. The largest absolute Gasteiger partial charge is 0.493 e. The average molecular weight is 640 g/mol. The van der Waals surface area contributed by atoms with Crippen LogP contribution in [0.3, 0.4) is 0 Å². The number of ether oxygens (including phenoxy) is 2. The Labute approximate surface area is 267 Å². The topological polar surface area (TPSA) is 124 Å². The SMILES string of the molecule is COc1cc(/C=N\NC(=O)CN(c2c(C)n(C)n(-c3ccccc3)c2=O)S(=O)(=O)c2ccccc2)ccc1OCc1ccccc1. The maximum atomic E-state index is 13.9. The van der Waals surface area contributed by atoms with Gasteiger partial charge in [0.15, 0.2) is 11.5 Å². The van der Waals surface area contributed by atoms with Crippen LogP contribution in [0.2, 0.25) is 0 Å². The zero-order chi connectivity index (χ0) is 32.7. The lowest BCUT2D eigenvalue weighted by Gasteiger charge is -2.22. The third-order valence-corrected chi connectivity index (χ3v) is 8.98. The highest BCUT2D eigenvalue weighted by atomic mass is 32.2. The molecule has 5 rings (SSSR count). The minimum Gasteiger partial charge on any atom is -0.493 e. The van der Waals surface area contributed by atoms with Gasteiger partial charge in [-0.3, -0.25) is 14.3 Å². The van der Waals surface area contributed by atoms with Gasteiger partial charge in [0.2, 0.25) is 0 Å². The summed E-state index contributed by atoms with van der Waals surface area (Å²) in [5.41, 5.74) is 4.14. The first-order valence-corrected chi connectivity index (χ1v) is 15.7. The van der Waals surface area contributed by atoms with Crippen LogP contribution >= 0.6 is 0 Å². The maximum absolute atomic E-state index is 13.9. The van der Waals surface area contributed by atoms with Gasteiger partial charge in [-0.25, -0.2) is 22.8 Å². The van der Waals surface area contributed by atoms with E-state index in [-0.39, 0.29) is 10.6 Å². The van der Waals surface area contributed by atoms with Crippen LogP contribution in [0, 0.1) is 6.92 Å². The first-order valence-electron chi connectivity index (χ1n) is 14.3.